The van der Waals surface area contributed by atoms with E-state index in [-0.39, 0.29) is 11.8 Å². The number of hydrogen-bond acceptors (Lipinski definition) is 5. The van der Waals surface area contributed by atoms with Gasteiger partial charge in [0.25, 0.3) is 0 Å². The number of hydrogen-bond donors (Lipinski definition) is 1. The summed E-state index contributed by atoms with van der Waals surface area (Å²) in [5.74, 6) is 0.813. The number of carbonyl (C=O) groups is 1. The molecule has 1 unspecified atom stereocenters. The Morgan fingerprint density at radius 3 is 2.72 bits per heavy atom. The summed E-state index contributed by atoms with van der Waals surface area (Å²) in [5.41, 5.74) is 2.76. The number of aromatic nitrogens is 3. The lowest BCUT2D eigenvalue weighted by Gasteiger charge is -2.32. The second-order valence-electron chi connectivity index (χ2n) is 7.15. The number of carbonyl (C=O) groups excluding carboxylic acids is 1. The Hall–Kier alpha value is -2.99. The van der Waals surface area contributed by atoms with Gasteiger partial charge in [0.05, 0.1) is 11.6 Å². The fraction of sp³-hybridized carbons (Fsp3) is 0.273. The van der Waals surface area contributed by atoms with Crippen LogP contribution in [0.25, 0.3) is 11.3 Å². The molecule has 148 valence electrons. The molecule has 1 atom stereocenters. The van der Waals surface area contributed by atoms with Crippen molar-refractivity contribution in [3.05, 3.63) is 71.5 Å². The van der Waals surface area contributed by atoms with Gasteiger partial charge in [-0.15, -0.1) is 10.2 Å². The molecule has 1 amide bonds. The first kappa shape index (κ1) is 19.3. The smallest absolute Gasteiger partial charge is 0.225 e. The number of rotatable bonds is 5. The third-order valence-corrected chi connectivity index (χ3v) is 5.36. The van der Waals surface area contributed by atoms with Crippen LogP contribution in [0.2, 0.25) is 5.02 Å². The molecular weight excluding hydrogens is 386 g/mol. The molecule has 2 aromatic heterocycles. The van der Waals surface area contributed by atoms with Crippen molar-refractivity contribution in [1.29, 1.82) is 0 Å². The summed E-state index contributed by atoms with van der Waals surface area (Å²) in [6, 6.07) is 15.3. The van der Waals surface area contributed by atoms with Crippen LogP contribution in [0.5, 0.6) is 0 Å². The van der Waals surface area contributed by atoms with Gasteiger partial charge < -0.3 is 10.2 Å². The Labute approximate surface area is 174 Å². The normalized spacial score (nSPS) is 16.4. The first-order chi connectivity index (χ1) is 14.2. The standard InChI is InChI=1S/C22H22ClN5O/c23-19-7-5-16(6-8-19)13-25-22(29)18-4-2-12-28(15-18)21-10-9-20(26-27-21)17-3-1-11-24-14-17/h1,3,5-11,14,18H,2,4,12-13,15H2,(H,25,29). The quantitative estimate of drug-likeness (QED) is 0.697. The van der Waals surface area contributed by atoms with Crippen molar-refractivity contribution in [1.82, 2.24) is 20.5 Å². The van der Waals surface area contributed by atoms with Gasteiger partial charge in [-0.3, -0.25) is 9.78 Å². The molecule has 3 heterocycles. The number of anilines is 1. The zero-order chi connectivity index (χ0) is 20.1. The van der Waals surface area contributed by atoms with Crippen molar-refractivity contribution in [2.24, 2.45) is 5.92 Å². The molecule has 0 saturated carbocycles. The lowest BCUT2D eigenvalue weighted by molar-refractivity contribution is -0.125. The molecule has 1 N–H and O–H groups in total. The molecule has 0 spiro atoms. The first-order valence-electron chi connectivity index (χ1n) is 9.70. The van der Waals surface area contributed by atoms with E-state index in [1.807, 2.05) is 48.5 Å². The van der Waals surface area contributed by atoms with Crippen molar-refractivity contribution in [2.45, 2.75) is 19.4 Å². The Balaban J connectivity index is 1.36. The minimum atomic E-state index is -0.0594. The molecule has 1 aliphatic rings. The van der Waals surface area contributed by atoms with Gasteiger partial charge in [0, 0.05) is 42.6 Å². The first-order valence-corrected chi connectivity index (χ1v) is 10.1. The van der Waals surface area contributed by atoms with E-state index in [2.05, 4.69) is 25.4 Å². The number of nitrogens with zero attached hydrogens (tertiary/aromatic N) is 4. The van der Waals surface area contributed by atoms with Crippen LogP contribution in [0.4, 0.5) is 5.82 Å². The lowest BCUT2D eigenvalue weighted by Crippen LogP contribution is -2.43. The number of piperidine rings is 1. The van der Waals surface area contributed by atoms with Crippen LogP contribution in [0, 0.1) is 5.92 Å². The number of amides is 1. The Morgan fingerprint density at radius 2 is 2.00 bits per heavy atom. The molecule has 29 heavy (non-hydrogen) atoms. The number of nitrogens with one attached hydrogen (secondary N) is 1. The highest BCUT2D eigenvalue weighted by atomic mass is 35.5. The summed E-state index contributed by atoms with van der Waals surface area (Å²) in [7, 11) is 0. The molecule has 3 aromatic rings. The van der Waals surface area contributed by atoms with Crippen LogP contribution in [-0.2, 0) is 11.3 Å². The number of benzene rings is 1. The highest BCUT2D eigenvalue weighted by molar-refractivity contribution is 6.30. The van der Waals surface area contributed by atoms with Gasteiger partial charge in [-0.05, 0) is 54.8 Å². The predicted molar refractivity (Wildman–Crippen MR) is 113 cm³/mol. The molecule has 0 bridgehead atoms. The third-order valence-electron chi connectivity index (χ3n) is 5.10. The van der Waals surface area contributed by atoms with Crippen LogP contribution in [-0.4, -0.2) is 34.2 Å². The molecule has 1 saturated heterocycles. The zero-order valence-corrected chi connectivity index (χ0v) is 16.7. The second kappa shape index (κ2) is 9.01. The third kappa shape index (κ3) is 4.90. The van der Waals surface area contributed by atoms with Crippen LogP contribution >= 0.6 is 11.6 Å². The summed E-state index contributed by atoms with van der Waals surface area (Å²) < 4.78 is 0. The molecular formula is C22H22ClN5O. The summed E-state index contributed by atoms with van der Waals surface area (Å²) in [4.78, 5) is 18.9. The number of pyridine rings is 1. The topological polar surface area (TPSA) is 71.0 Å². The van der Waals surface area contributed by atoms with Crippen LogP contribution in [0.1, 0.15) is 18.4 Å². The monoisotopic (exact) mass is 407 g/mol. The summed E-state index contributed by atoms with van der Waals surface area (Å²) >= 11 is 5.91. The van der Waals surface area contributed by atoms with Gasteiger partial charge >= 0.3 is 0 Å². The Bertz CT molecular complexity index is 947. The van der Waals surface area contributed by atoms with E-state index in [9.17, 15) is 4.79 Å². The van der Waals surface area contributed by atoms with Crippen molar-refractivity contribution < 1.29 is 4.79 Å². The lowest BCUT2D eigenvalue weighted by atomic mass is 9.97. The van der Waals surface area contributed by atoms with E-state index in [1.54, 1.807) is 12.4 Å². The van der Waals surface area contributed by atoms with Crippen LogP contribution in [0.3, 0.4) is 0 Å². The van der Waals surface area contributed by atoms with Crippen LogP contribution in [0.15, 0.2) is 60.9 Å². The highest BCUT2D eigenvalue weighted by Gasteiger charge is 2.26. The largest absolute Gasteiger partial charge is 0.354 e. The SMILES string of the molecule is O=C(NCc1ccc(Cl)cc1)C1CCCN(c2ccc(-c3cccnc3)nn2)C1. The average molecular weight is 408 g/mol. The molecule has 4 rings (SSSR count). The Morgan fingerprint density at radius 1 is 1.14 bits per heavy atom. The minimum Gasteiger partial charge on any atom is -0.354 e. The molecule has 0 aliphatic carbocycles. The van der Waals surface area contributed by atoms with E-state index in [4.69, 9.17) is 11.6 Å². The second-order valence-corrected chi connectivity index (χ2v) is 7.58. The summed E-state index contributed by atoms with van der Waals surface area (Å²) in [6.07, 6.45) is 5.33. The summed E-state index contributed by atoms with van der Waals surface area (Å²) in [5, 5.41) is 12.4. The maximum Gasteiger partial charge on any atom is 0.225 e. The maximum absolute atomic E-state index is 12.6. The van der Waals surface area contributed by atoms with E-state index in [0.29, 0.717) is 18.1 Å². The van der Waals surface area contributed by atoms with Gasteiger partial charge in [-0.1, -0.05) is 23.7 Å². The molecule has 1 fully saturated rings. The Kier molecular flexibility index (Phi) is 6.00. The molecule has 1 aliphatic heterocycles. The van der Waals surface area contributed by atoms with Gasteiger partial charge in [-0.2, -0.15) is 0 Å². The molecule has 7 heteroatoms. The van der Waals surface area contributed by atoms with Gasteiger partial charge in [0.1, 0.15) is 0 Å². The van der Waals surface area contributed by atoms with E-state index in [0.717, 1.165) is 42.0 Å². The summed E-state index contributed by atoms with van der Waals surface area (Å²) in [6.45, 7) is 2.03. The predicted octanol–water partition coefficient (Wildman–Crippen LogP) is 3.72. The minimum absolute atomic E-state index is 0.0594. The fourth-order valence-electron chi connectivity index (χ4n) is 3.50. The van der Waals surface area contributed by atoms with Gasteiger partial charge in [0.2, 0.25) is 5.91 Å². The molecule has 1 aromatic carbocycles. The molecule has 0 radical (unpaired) electrons. The zero-order valence-electron chi connectivity index (χ0n) is 16.0. The number of halogens is 1. The van der Waals surface area contributed by atoms with E-state index >= 15 is 0 Å². The van der Waals surface area contributed by atoms with Crippen molar-refractivity contribution in [3.63, 3.8) is 0 Å². The van der Waals surface area contributed by atoms with Crippen LogP contribution < -0.4 is 10.2 Å². The van der Waals surface area contributed by atoms with Crippen molar-refractivity contribution >= 4 is 23.3 Å². The van der Waals surface area contributed by atoms with Crippen molar-refractivity contribution in [3.8, 4) is 11.3 Å². The average Bonchev–Trinajstić information content (AvgIpc) is 2.79. The maximum atomic E-state index is 12.6. The van der Waals surface area contributed by atoms with Gasteiger partial charge in [0.15, 0.2) is 5.82 Å². The van der Waals surface area contributed by atoms with Crippen molar-refractivity contribution in [2.75, 3.05) is 18.0 Å². The van der Waals surface area contributed by atoms with E-state index < -0.39 is 0 Å². The highest BCUT2D eigenvalue weighted by Crippen LogP contribution is 2.23. The fourth-order valence-corrected chi connectivity index (χ4v) is 3.62. The van der Waals surface area contributed by atoms with Gasteiger partial charge in [-0.25, -0.2) is 0 Å². The molecule has 6 nitrogen and oxygen atoms in total. The van der Waals surface area contributed by atoms with E-state index in [1.165, 1.54) is 0 Å².